The number of carbonyl (C=O) groups excluding carboxylic acids is 1. The molecule has 0 aromatic heterocycles. The van der Waals surface area contributed by atoms with Crippen LogP contribution in [0, 0.1) is 0 Å². The Balaban J connectivity index is 1.74. The SMILES string of the molecule is CC(=O)N1CCc2cc(S(=O)(=O)NC[C@@H](C)c3ccccc3)ccc21. The molecule has 1 aliphatic heterocycles. The van der Waals surface area contributed by atoms with E-state index < -0.39 is 10.0 Å². The number of amides is 1. The minimum atomic E-state index is -3.58. The molecular weight excluding hydrogens is 336 g/mol. The summed E-state index contributed by atoms with van der Waals surface area (Å²) in [7, 11) is -3.58. The van der Waals surface area contributed by atoms with Gasteiger partial charge < -0.3 is 4.90 Å². The van der Waals surface area contributed by atoms with Crippen LogP contribution in [0.25, 0.3) is 0 Å². The molecule has 132 valence electrons. The number of hydrogen-bond acceptors (Lipinski definition) is 3. The molecule has 0 saturated carbocycles. The lowest BCUT2D eigenvalue weighted by Crippen LogP contribution is -2.28. The summed E-state index contributed by atoms with van der Waals surface area (Å²) in [5.74, 6) is 0.0581. The van der Waals surface area contributed by atoms with Gasteiger partial charge in [0.25, 0.3) is 0 Å². The van der Waals surface area contributed by atoms with Gasteiger partial charge in [0, 0.05) is 25.7 Å². The van der Waals surface area contributed by atoms with Crippen molar-refractivity contribution >= 4 is 21.6 Å². The molecule has 1 heterocycles. The fraction of sp³-hybridized carbons (Fsp3) is 0.316. The van der Waals surface area contributed by atoms with E-state index in [9.17, 15) is 13.2 Å². The van der Waals surface area contributed by atoms with E-state index >= 15 is 0 Å². The van der Waals surface area contributed by atoms with Crippen molar-refractivity contribution in [3.63, 3.8) is 0 Å². The van der Waals surface area contributed by atoms with Crippen molar-refractivity contribution < 1.29 is 13.2 Å². The molecule has 1 amide bonds. The summed E-state index contributed by atoms with van der Waals surface area (Å²) in [5, 5.41) is 0. The Morgan fingerprint density at radius 3 is 2.60 bits per heavy atom. The van der Waals surface area contributed by atoms with Gasteiger partial charge in [-0.05, 0) is 41.7 Å². The molecule has 2 aromatic rings. The average molecular weight is 358 g/mol. The Bertz CT molecular complexity index is 879. The zero-order valence-corrected chi connectivity index (χ0v) is 15.2. The van der Waals surface area contributed by atoms with Gasteiger partial charge in [0.2, 0.25) is 15.9 Å². The molecule has 25 heavy (non-hydrogen) atoms. The Labute approximate surface area is 148 Å². The summed E-state index contributed by atoms with van der Waals surface area (Å²) >= 11 is 0. The Morgan fingerprint density at radius 2 is 1.92 bits per heavy atom. The van der Waals surface area contributed by atoms with Crippen molar-refractivity contribution in [2.24, 2.45) is 0 Å². The quantitative estimate of drug-likeness (QED) is 0.894. The van der Waals surface area contributed by atoms with E-state index in [1.807, 2.05) is 37.3 Å². The number of carbonyl (C=O) groups is 1. The van der Waals surface area contributed by atoms with Gasteiger partial charge >= 0.3 is 0 Å². The van der Waals surface area contributed by atoms with Crippen molar-refractivity contribution in [3.8, 4) is 0 Å². The number of benzene rings is 2. The van der Waals surface area contributed by atoms with Crippen molar-refractivity contribution in [1.82, 2.24) is 4.72 Å². The van der Waals surface area contributed by atoms with E-state index in [-0.39, 0.29) is 16.7 Å². The summed E-state index contributed by atoms with van der Waals surface area (Å²) in [6.07, 6.45) is 0.679. The van der Waals surface area contributed by atoms with Crippen LogP contribution in [0.1, 0.15) is 30.9 Å². The molecule has 0 saturated heterocycles. The highest BCUT2D eigenvalue weighted by molar-refractivity contribution is 7.89. The van der Waals surface area contributed by atoms with Crippen molar-refractivity contribution in [2.45, 2.75) is 31.1 Å². The summed E-state index contributed by atoms with van der Waals surface area (Å²) in [4.78, 5) is 13.5. The highest BCUT2D eigenvalue weighted by Gasteiger charge is 2.25. The molecule has 3 rings (SSSR count). The molecule has 0 aliphatic carbocycles. The first-order chi connectivity index (χ1) is 11.9. The Kier molecular flexibility index (Phi) is 4.92. The van der Waals surface area contributed by atoms with Crippen LogP contribution in [0.15, 0.2) is 53.4 Å². The lowest BCUT2D eigenvalue weighted by Gasteiger charge is -2.16. The van der Waals surface area contributed by atoms with Crippen LogP contribution in [-0.4, -0.2) is 27.4 Å². The summed E-state index contributed by atoms with van der Waals surface area (Å²) in [5.41, 5.74) is 2.80. The van der Waals surface area contributed by atoms with Crippen LogP contribution >= 0.6 is 0 Å². The van der Waals surface area contributed by atoms with Gasteiger partial charge in [-0.25, -0.2) is 13.1 Å². The van der Waals surface area contributed by atoms with E-state index in [0.717, 1.165) is 16.8 Å². The van der Waals surface area contributed by atoms with Crippen molar-refractivity contribution in [2.75, 3.05) is 18.0 Å². The first kappa shape index (κ1) is 17.6. The fourth-order valence-corrected chi connectivity index (χ4v) is 4.27. The second-order valence-electron chi connectivity index (χ2n) is 6.37. The molecule has 1 atom stereocenters. The second kappa shape index (κ2) is 6.98. The van der Waals surface area contributed by atoms with Crippen LogP contribution < -0.4 is 9.62 Å². The van der Waals surface area contributed by atoms with E-state index in [1.54, 1.807) is 23.1 Å². The smallest absolute Gasteiger partial charge is 0.240 e. The molecular formula is C19H22N2O3S. The second-order valence-corrected chi connectivity index (χ2v) is 8.14. The summed E-state index contributed by atoms with van der Waals surface area (Å²) in [6, 6.07) is 14.8. The van der Waals surface area contributed by atoms with E-state index in [2.05, 4.69) is 4.72 Å². The number of anilines is 1. The molecule has 0 unspecified atom stereocenters. The Morgan fingerprint density at radius 1 is 1.20 bits per heavy atom. The van der Waals surface area contributed by atoms with Gasteiger partial charge in [-0.3, -0.25) is 4.79 Å². The van der Waals surface area contributed by atoms with Crippen LogP contribution in [0.2, 0.25) is 0 Å². The number of nitrogens with one attached hydrogen (secondary N) is 1. The standard InChI is InChI=1S/C19H22N2O3S/c1-14(16-6-4-3-5-7-16)13-20-25(23,24)18-8-9-19-17(12-18)10-11-21(19)15(2)22/h3-9,12,14,20H,10-11,13H2,1-2H3/t14-/m1/s1. The molecule has 0 radical (unpaired) electrons. The third kappa shape index (κ3) is 3.75. The molecule has 5 nitrogen and oxygen atoms in total. The number of fused-ring (bicyclic) bond motifs is 1. The number of rotatable bonds is 5. The Hall–Kier alpha value is -2.18. The van der Waals surface area contributed by atoms with Gasteiger partial charge in [0.05, 0.1) is 4.90 Å². The number of sulfonamides is 1. The van der Waals surface area contributed by atoms with Crippen LogP contribution in [0.4, 0.5) is 5.69 Å². The van der Waals surface area contributed by atoms with Gasteiger partial charge in [-0.1, -0.05) is 37.3 Å². The molecule has 1 N–H and O–H groups in total. The molecule has 0 fully saturated rings. The van der Waals surface area contributed by atoms with Gasteiger partial charge in [0.1, 0.15) is 0 Å². The maximum atomic E-state index is 12.6. The topological polar surface area (TPSA) is 66.5 Å². The maximum Gasteiger partial charge on any atom is 0.240 e. The summed E-state index contributed by atoms with van der Waals surface area (Å²) in [6.45, 7) is 4.45. The van der Waals surface area contributed by atoms with Gasteiger partial charge in [-0.2, -0.15) is 0 Å². The third-order valence-electron chi connectivity index (χ3n) is 4.59. The highest BCUT2D eigenvalue weighted by Crippen LogP contribution is 2.30. The molecule has 0 spiro atoms. The monoisotopic (exact) mass is 358 g/mol. The summed E-state index contributed by atoms with van der Waals surface area (Å²) < 4.78 is 27.9. The largest absolute Gasteiger partial charge is 0.312 e. The fourth-order valence-electron chi connectivity index (χ4n) is 3.09. The molecule has 2 aromatic carbocycles. The lowest BCUT2D eigenvalue weighted by atomic mass is 10.0. The first-order valence-corrected chi connectivity index (χ1v) is 9.82. The van der Waals surface area contributed by atoms with Crippen molar-refractivity contribution in [3.05, 3.63) is 59.7 Å². The lowest BCUT2D eigenvalue weighted by molar-refractivity contribution is -0.116. The van der Waals surface area contributed by atoms with Gasteiger partial charge in [0.15, 0.2) is 0 Å². The van der Waals surface area contributed by atoms with E-state index in [1.165, 1.54) is 6.92 Å². The molecule has 6 heteroatoms. The van der Waals surface area contributed by atoms with Crippen molar-refractivity contribution in [1.29, 1.82) is 0 Å². The normalized spacial score (nSPS) is 15.0. The van der Waals surface area contributed by atoms with E-state index in [4.69, 9.17) is 0 Å². The molecule has 1 aliphatic rings. The first-order valence-electron chi connectivity index (χ1n) is 8.34. The molecule has 0 bridgehead atoms. The van der Waals surface area contributed by atoms with Crippen LogP contribution in [-0.2, 0) is 21.2 Å². The van der Waals surface area contributed by atoms with Gasteiger partial charge in [-0.15, -0.1) is 0 Å². The van der Waals surface area contributed by atoms with Crippen LogP contribution in [0.3, 0.4) is 0 Å². The highest BCUT2D eigenvalue weighted by atomic mass is 32.2. The number of hydrogen-bond donors (Lipinski definition) is 1. The zero-order valence-electron chi connectivity index (χ0n) is 14.4. The average Bonchev–Trinajstić information content (AvgIpc) is 3.04. The minimum absolute atomic E-state index is 0.0239. The maximum absolute atomic E-state index is 12.6. The number of nitrogens with zero attached hydrogens (tertiary/aromatic N) is 1. The third-order valence-corrected chi connectivity index (χ3v) is 6.01. The minimum Gasteiger partial charge on any atom is -0.312 e. The predicted molar refractivity (Wildman–Crippen MR) is 98.2 cm³/mol. The predicted octanol–water partition coefficient (Wildman–Crippen LogP) is 2.68. The zero-order chi connectivity index (χ0) is 18.0. The van der Waals surface area contributed by atoms with E-state index in [0.29, 0.717) is 19.5 Å². The van der Waals surface area contributed by atoms with Crippen LogP contribution in [0.5, 0.6) is 0 Å².